The standard InChI is InChI=1S/C14H22N2O3/c1-18-12-2-3-14(13(15)10-12)16-6-4-11(5-7-16)19-9-8-17/h2-3,10-11,17H,4-9,15H2,1H3. The summed E-state index contributed by atoms with van der Waals surface area (Å²) in [4.78, 5) is 2.27. The summed E-state index contributed by atoms with van der Waals surface area (Å²) in [6.45, 7) is 2.36. The second-order valence-corrected chi connectivity index (χ2v) is 4.71. The highest BCUT2D eigenvalue weighted by atomic mass is 16.5. The quantitative estimate of drug-likeness (QED) is 0.785. The summed E-state index contributed by atoms with van der Waals surface area (Å²) in [7, 11) is 1.64. The Bertz CT molecular complexity index is 404. The van der Waals surface area contributed by atoms with Crippen LogP contribution in [0.2, 0.25) is 0 Å². The Balaban J connectivity index is 1.94. The SMILES string of the molecule is COc1ccc(N2CCC(OCCO)CC2)c(N)c1. The van der Waals surface area contributed by atoms with Crippen LogP contribution in [0.4, 0.5) is 11.4 Å². The van der Waals surface area contributed by atoms with Crippen LogP contribution >= 0.6 is 0 Å². The van der Waals surface area contributed by atoms with Gasteiger partial charge in [0.05, 0.1) is 37.8 Å². The van der Waals surface area contributed by atoms with Crippen LogP contribution in [0.25, 0.3) is 0 Å². The molecule has 0 amide bonds. The number of aliphatic hydroxyl groups excluding tert-OH is 1. The summed E-state index contributed by atoms with van der Waals surface area (Å²) in [5.74, 6) is 0.780. The number of nitrogen functional groups attached to an aromatic ring is 1. The number of nitrogens with zero attached hydrogens (tertiary/aromatic N) is 1. The molecule has 0 unspecified atom stereocenters. The minimum atomic E-state index is 0.0889. The molecule has 1 aromatic rings. The number of hydrogen-bond acceptors (Lipinski definition) is 5. The van der Waals surface area contributed by atoms with Crippen LogP contribution in [0.1, 0.15) is 12.8 Å². The number of benzene rings is 1. The van der Waals surface area contributed by atoms with Crippen LogP contribution in [0, 0.1) is 0 Å². The lowest BCUT2D eigenvalue weighted by Crippen LogP contribution is -2.37. The summed E-state index contributed by atoms with van der Waals surface area (Å²) in [6.07, 6.45) is 2.18. The Morgan fingerprint density at radius 2 is 2.11 bits per heavy atom. The Morgan fingerprint density at radius 1 is 1.37 bits per heavy atom. The molecule has 3 N–H and O–H groups in total. The zero-order valence-electron chi connectivity index (χ0n) is 11.3. The van der Waals surface area contributed by atoms with Gasteiger partial charge in [-0.05, 0) is 25.0 Å². The molecule has 1 saturated heterocycles. The van der Waals surface area contributed by atoms with Gasteiger partial charge in [0.15, 0.2) is 0 Å². The second-order valence-electron chi connectivity index (χ2n) is 4.71. The Kier molecular flexibility index (Phi) is 4.87. The highest BCUT2D eigenvalue weighted by Gasteiger charge is 2.21. The van der Waals surface area contributed by atoms with E-state index >= 15 is 0 Å². The van der Waals surface area contributed by atoms with Crippen LogP contribution in [-0.2, 0) is 4.74 Å². The first-order chi connectivity index (χ1) is 9.24. The fraction of sp³-hybridized carbons (Fsp3) is 0.571. The van der Waals surface area contributed by atoms with Crippen molar-refractivity contribution < 1.29 is 14.6 Å². The normalized spacial score (nSPS) is 16.6. The molecule has 0 atom stereocenters. The highest BCUT2D eigenvalue weighted by molar-refractivity contribution is 5.69. The van der Waals surface area contributed by atoms with Gasteiger partial charge in [-0.2, -0.15) is 0 Å². The van der Waals surface area contributed by atoms with Crippen molar-refractivity contribution in [3.8, 4) is 5.75 Å². The minimum absolute atomic E-state index is 0.0889. The van der Waals surface area contributed by atoms with Crippen molar-refractivity contribution >= 4 is 11.4 Å². The van der Waals surface area contributed by atoms with Gasteiger partial charge in [-0.1, -0.05) is 0 Å². The van der Waals surface area contributed by atoms with Crippen molar-refractivity contribution in [1.29, 1.82) is 0 Å². The van der Waals surface area contributed by atoms with Crippen molar-refractivity contribution in [3.05, 3.63) is 18.2 Å². The molecule has 0 radical (unpaired) electrons. The number of rotatable bonds is 5. The van der Waals surface area contributed by atoms with Crippen molar-refractivity contribution in [1.82, 2.24) is 0 Å². The lowest BCUT2D eigenvalue weighted by atomic mass is 10.1. The van der Waals surface area contributed by atoms with Crippen molar-refractivity contribution in [2.75, 3.05) is 44.0 Å². The molecular formula is C14H22N2O3. The lowest BCUT2D eigenvalue weighted by molar-refractivity contribution is 0.0159. The molecule has 0 aliphatic carbocycles. The van der Waals surface area contributed by atoms with Crippen molar-refractivity contribution in [2.45, 2.75) is 18.9 Å². The first-order valence-corrected chi connectivity index (χ1v) is 6.65. The van der Waals surface area contributed by atoms with E-state index in [0.29, 0.717) is 6.61 Å². The molecule has 1 aromatic carbocycles. The number of methoxy groups -OCH3 is 1. The summed E-state index contributed by atoms with van der Waals surface area (Å²) >= 11 is 0. The number of ether oxygens (including phenoxy) is 2. The zero-order valence-corrected chi connectivity index (χ0v) is 11.3. The fourth-order valence-corrected chi connectivity index (χ4v) is 2.43. The zero-order chi connectivity index (χ0) is 13.7. The molecular weight excluding hydrogens is 244 g/mol. The van der Waals surface area contributed by atoms with Gasteiger partial charge < -0.3 is 25.2 Å². The first kappa shape index (κ1) is 14.0. The summed E-state index contributed by atoms with van der Waals surface area (Å²) in [5, 5.41) is 8.75. The summed E-state index contributed by atoms with van der Waals surface area (Å²) in [5.41, 5.74) is 7.86. The molecule has 0 bridgehead atoms. The Hall–Kier alpha value is -1.46. The number of nitrogens with two attached hydrogens (primary N) is 1. The van der Waals surface area contributed by atoms with Crippen molar-refractivity contribution in [2.24, 2.45) is 0 Å². The van der Waals surface area contributed by atoms with Gasteiger partial charge in [-0.15, -0.1) is 0 Å². The molecule has 0 saturated carbocycles. The third-order valence-corrected chi connectivity index (χ3v) is 3.46. The minimum Gasteiger partial charge on any atom is -0.497 e. The molecule has 0 aromatic heterocycles. The van der Waals surface area contributed by atoms with Gasteiger partial charge in [0.2, 0.25) is 0 Å². The van der Waals surface area contributed by atoms with Gasteiger partial charge in [0.25, 0.3) is 0 Å². The average Bonchev–Trinajstić information content (AvgIpc) is 2.45. The summed E-state index contributed by atoms with van der Waals surface area (Å²) in [6, 6.07) is 5.78. The third-order valence-electron chi connectivity index (χ3n) is 3.46. The average molecular weight is 266 g/mol. The molecule has 5 heteroatoms. The Labute approximate surface area is 113 Å². The smallest absolute Gasteiger partial charge is 0.121 e. The van der Waals surface area contributed by atoms with E-state index in [4.69, 9.17) is 20.3 Å². The maximum absolute atomic E-state index is 8.75. The molecule has 5 nitrogen and oxygen atoms in total. The lowest BCUT2D eigenvalue weighted by Gasteiger charge is -2.34. The fourth-order valence-electron chi connectivity index (χ4n) is 2.43. The van der Waals surface area contributed by atoms with Crippen LogP contribution < -0.4 is 15.4 Å². The van der Waals surface area contributed by atoms with Gasteiger partial charge in [0.1, 0.15) is 5.75 Å². The van der Waals surface area contributed by atoms with Gasteiger partial charge in [-0.3, -0.25) is 0 Å². The Morgan fingerprint density at radius 3 is 2.68 bits per heavy atom. The third kappa shape index (κ3) is 3.52. The number of anilines is 2. The number of aliphatic hydroxyl groups is 1. The molecule has 19 heavy (non-hydrogen) atoms. The van der Waals surface area contributed by atoms with Crippen LogP contribution in [0.3, 0.4) is 0 Å². The maximum Gasteiger partial charge on any atom is 0.121 e. The van der Waals surface area contributed by atoms with E-state index in [1.165, 1.54) is 0 Å². The van der Waals surface area contributed by atoms with Crippen LogP contribution in [-0.4, -0.2) is 44.6 Å². The molecule has 2 rings (SSSR count). The second kappa shape index (κ2) is 6.63. The van der Waals surface area contributed by atoms with E-state index in [-0.39, 0.29) is 12.7 Å². The van der Waals surface area contributed by atoms with E-state index in [1.54, 1.807) is 7.11 Å². The molecule has 1 heterocycles. The van der Waals surface area contributed by atoms with Gasteiger partial charge in [-0.25, -0.2) is 0 Å². The number of piperidine rings is 1. The van der Waals surface area contributed by atoms with E-state index in [2.05, 4.69) is 4.90 Å². The molecule has 1 fully saturated rings. The largest absolute Gasteiger partial charge is 0.497 e. The predicted molar refractivity (Wildman–Crippen MR) is 75.7 cm³/mol. The highest BCUT2D eigenvalue weighted by Crippen LogP contribution is 2.30. The molecule has 106 valence electrons. The molecule has 1 aliphatic heterocycles. The van der Waals surface area contributed by atoms with E-state index in [1.807, 2.05) is 18.2 Å². The van der Waals surface area contributed by atoms with Crippen LogP contribution in [0.5, 0.6) is 5.75 Å². The van der Waals surface area contributed by atoms with Crippen molar-refractivity contribution in [3.63, 3.8) is 0 Å². The molecule has 0 spiro atoms. The van der Waals surface area contributed by atoms with E-state index in [0.717, 1.165) is 43.1 Å². The predicted octanol–water partition coefficient (Wildman–Crippen LogP) is 1.26. The topological polar surface area (TPSA) is 68.0 Å². The van der Waals surface area contributed by atoms with E-state index < -0.39 is 0 Å². The maximum atomic E-state index is 8.75. The summed E-state index contributed by atoms with van der Waals surface area (Å²) < 4.78 is 10.7. The molecule has 1 aliphatic rings. The van der Waals surface area contributed by atoms with Gasteiger partial charge in [0, 0.05) is 19.2 Å². The monoisotopic (exact) mass is 266 g/mol. The van der Waals surface area contributed by atoms with Gasteiger partial charge >= 0.3 is 0 Å². The van der Waals surface area contributed by atoms with E-state index in [9.17, 15) is 0 Å². The van der Waals surface area contributed by atoms with Crippen LogP contribution in [0.15, 0.2) is 18.2 Å². The number of hydrogen-bond donors (Lipinski definition) is 2. The first-order valence-electron chi connectivity index (χ1n) is 6.65.